The smallest absolute Gasteiger partial charge is 0.131 e. The molecule has 20 heavy (non-hydrogen) atoms. The summed E-state index contributed by atoms with van der Waals surface area (Å²) in [6.07, 6.45) is 0. The molecule has 5 heteroatoms. The molecule has 1 nitrogen and oxygen atoms in total. The molecule has 1 N–H and O–H groups in total. The van der Waals surface area contributed by atoms with Crippen LogP contribution in [0.2, 0.25) is 5.02 Å². The summed E-state index contributed by atoms with van der Waals surface area (Å²) in [6.45, 7) is 2.45. The summed E-state index contributed by atoms with van der Waals surface area (Å²) in [5.41, 5.74) is 0.695. The van der Waals surface area contributed by atoms with Crippen LogP contribution in [0.4, 0.5) is 8.78 Å². The topological polar surface area (TPSA) is 12.0 Å². The Morgan fingerprint density at radius 2 is 1.85 bits per heavy atom. The third-order valence-electron chi connectivity index (χ3n) is 2.97. The maximum atomic E-state index is 14.0. The van der Waals surface area contributed by atoms with E-state index in [0.29, 0.717) is 17.1 Å². The van der Waals surface area contributed by atoms with Gasteiger partial charge in [0.25, 0.3) is 0 Å². The van der Waals surface area contributed by atoms with Crippen molar-refractivity contribution >= 4 is 27.5 Å². The molecule has 2 rings (SSSR count). The Hall–Kier alpha value is -0.970. The maximum Gasteiger partial charge on any atom is 0.131 e. The quantitative estimate of drug-likeness (QED) is 0.802. The molecule has 1 unspecified atom stereocenters. The highest BCUT2D eigenvalue weighted by molar-refractivity contribution is 9.10. The number of hydrogen-bond acceptors (Lipinski definition) is 1. The molecule has 0 bridgehead atoms. The minimum Gasteiger partial charge on any atom is -0.306 e. The summed E-state index contributed by atoms with van der Waals surface area (Å²) < 4.78 is 28.8. The Morgan fingerprint density at radius 3 is 2.45 bits per heavy atom. The normalized spacial score (nSPS) is 12.4. The van der Waals surface area contributed by atoms with E-state index in [4.69, 9.17) is 11.6 Å². The molecule has 2 aromatic carbocycles. The number of halogens is 4. The summed E-state index contributed by atoms with van der Waals surface area (Å²) in [7, 11) is 0. The van der Waals surface area contributed by atoms with Crippen LogP contribution in [0.25, 0.3) is 0 Å². The van der Waals surface area contributed by atoms with Crippen LogP contribution in [-0.4, -0.2) is 6.54 Å². The third-order valence-corrected chi connectivity index (χ3v) is 3.92. The van der Waals surface area contributed by atoms with Crippen molar-refractivity contribution in [3.05, 3.63) is 68.7 Å². The molecule has 106 valence electrons. The fourth-order valence-electron chi connectivity index (χ4n) is 2.09. The second kappa shape index (κ2) is 6.66. The van der Waals surface area contributed by atoms with E-state index in [1.165, 1.54) is 18.2 Å². The molecule has 0 heterocycles. The largest absolute Gasteiger partial charge is 0.306 e. The van der Waals surface area contributed by atoms with Crippen molar-refractivity contribution in [2.24, 2.45) is 0 Å². The van der Waals surface area contributed by atoms with E-state index in [9.17, 15) is 8.78 Å². The lowest BCUT2D eigenvalue weighted by atomic mass is 9.97. The summed E-state index contributed by atoms with van der Waals surface area (Å²) in [4.78, 5) is 0. The zero-order valence-corrected chi connectivity index (χ0v) is 13.1. The van der Waals surface area contributed by atoms with Crippen molar-refractivity contribution in [3.8, 4) is 0 Å². The molecule has 0 spiro atoms. The average molecular weight is 361 g/mol. The van der Waals surface area contributed by atoms with E-state index in [2.05, 4.69) is 21.2 Å². The van der Waals surface area contributed by atoms with Crippen molar-refractivity contribution < 1.29 is 8.78 Å². The number of hydrogen-bond donors (Lipinski definition) is 1. The molecule has 0 aromatic heterocycles. The van der Waals surface area contributed by atoms with Crippen molar-refractivity contribution in [3.63, 3.8) is 0 Å². The van der Waals surface area contributed by atoms with Gasteiger partial charge in [-0.2, -0.15) is 0 Å². The van der Waals surface area contributed by atoms with Gasteiger partial charge in [0, 0.05) is 15.1 Å². The second-order valence-electron chi connectivity index (χ2n) is 4.29. The van der Waals surface area contributed by atoms with Crippen molar-refractivity contribution in [2.45, 2.75) is 13.0 Å². The average Bonchev–Trinajstić information content (AvgIpc) is 2.40. The first-order chi connectivity index (χ1) is 9.54. The molecule has 2 aromatic rings. The summed E-state index contributed by atoms with van der Waals surface area (Å²) in [5.74, 6) is -1.16. The van der Waals surface area contributed by atoms with E-state index in [1.807, 2.05) is 6.92 Å². The first kappa shape index (κ1) is 15.4. The molecular formula is C15H13BrClF2N. The number of nitrogens with one attached hydrogen (secondary N) is 1. The van der Waals surface area contributed by atoms with Crippen LogP contribution < -0.4 is 5.32 Å². The van der Waals surface area contributed by atoms with Crippen LogP contribution in [0, 0.1) is 11.6 Å². The molecule has 0 radical (unpaired) electrons. The molecular weight excluding hydrogens is 348 g/mol. The predicted molar refractivity (Wildman–Crippen MR) is 81.0 cm³/mol. The van der Waals surface area contributed by atoms with Gasteiger partial charge in [-0.05, 0) is 42.4 Å². The molecule has 0 fully saturated rings. The minimum absolute atomic E-state index is 0.00248. The van der Waals surface area contributed by atoms with Gasteiger partial charge >= 0.3 is 0 Å². The van der Waals surface area contributed by atoms with Gasteiger partial charge in [0.1, 0.15) is 11.6 Å². The minimum atomic E-state index is -0.603. The third kappa shape index (κ3) is 3.19. The molecule has 0 aliphatic carbocycles. The van der Waals surface area contributed by atoms with Crippen LogP contribution in [-0.2, 0) is 0 Å². The second-order valence-corrected chi connectivity index (χ2v) is 5.58. The number of benzene rings is 2. The highest BCUT2D eigenvalue weighted by atomic mass is 79.9. The van der Waals surface area contributed by atoms with Gasteiger partial charge in [-0.25, -0.2) is 8.78 Å². The fraction of sp³-hybridized carbons (Fsp3) is 0.200. The van der Waals surface area contributed by atoms with Crippen molar-refractivity contribution in [2.75, 3.05) is 6.54 Å². The van der Waals surface area contributed by atoms with E-state index < -0.39 is 17.7 Å². The lowest BCUT2D eigenvalue weighted by Crippen LogP contribution is -2.24. The Labute approximate surface area is 130 Å². The zero-order chi connectivity index (χ0) is 14.7. The molecule has 0 aliphatic rings. The van der Waals surface area contributed by atoms with Crippen LogP contribution in [0.1, 0.15) is 24.1 Å². The molecule has 1 atom stereocenters. The Morgan fingerprint density at radius 1 is 1.20 bits per heavy atom. The Bertz CT molecular complexity index is 599. The fourth-order valence-corrected chi connectivity index (χ4v) is 2.75. The van der Waals surface area contributed by atoms with Crippen molar-refractivity contribution in [1.29, 1.82) is 0 Å². The SMILES string of the molecule is CCNC(c1cc(Cl)ccc1Br)c1c(F)cccc1F. The van der Waals surface area contributed by atoms with E-state index in [0.717, 1.165) is 4.47 Å². The summed E-state index contributed by atoms with van der Waals surface area (Å²) in [6, 6.07) is 8.43. The zero-order valence-electron chi connectivity index (χ0n) is 10.8. The highest BCUT2D eigenvalue weighted by Gasteiger charge is 2.23. The van der Waals surface area contributed by atoms with E-state index >= 15 is 0 Å². The monoisotopic (exact) mass is 359 g/mol. The first-order valence-corrected chi connectivity index (χ1v) is 7.34. The highest BCUT2D eigenvalue weighted by Crippen LogP contribution is 2.33. The van der Waals surface area contributed by atoms with Crippen LogP contribution in [0.3, 0.4) is 0 Å². The lowest BCUT2D eigenvalue weighted by molar-refractivity contribution is 0.509. The Balaban J connectivity index is 2.59. The maximum absolute atomic E-state index is 14.0. The van der Waals surface area contributed by atoms with Crippen molar-refractivity contribution in [1.82, 2.24) is 5.32 Å². The van der Waals surface area contributed by atoms with Gasteiger partial charge in [0.2, 0.25) is 0 Å². The van der Waals surface area contributed by atoms with Gasteiger partial charge in [-0.3, -0.25) is 0 Å². The van der Waals surface area contributed by atoms with Gasteiger partial charge in [-0.1, -0.05) is 40.5 Å². The number of rotatable bonds is 4. The van der Waals surface area contributed by atoms with Crippen LogP contribution in [0.5, 0.6) is 0 Å². The summed E-state index contributed by atoms with van der Waals surface area (Å²) >= 11 is 9.40. The molecule has 0 saturated heterocycles. The van der Waals surface area contributed by atoms with Crippen LogP contribution in [0.15, 0.2) is 40.9 Å². The Kier molecular flexibility index (Phi) is 5.13. The van der Waals surface area contributed by atoms with Gasteiger partial charge < -0.3 is 5.32 Å². The van der Waals surface area contributed by atoms with Gasteiger partial charge in [0.15, 0.2) is 0 Å². The first-order valence-electron chi connectivity index (χ1n) is 6.16. The molecule has 0 saturated carbocycles. The van der Waals surface area contributed by atoms with E-state index in [-0.39, 0.29) is 5.56 Å². The summed E-state index contributed by atoms with van der Waals surface area (Å²) in [5, 5.41) is 3.61. The standard InChI is InChI=1S/C15H13BrClF2N/c1-2-20-15(10-8-9(17)6-7-11(10)16)14-12(18)4-3-5-13(14)19/h3-8,15,20H,2H2,1H3. The lowest BCUT2D eigenvalue weighted by Gasteiger charge is -2.21. The predicted octanol–water partition coefficient (Wildman–Crippen LogP) is 5.08. The van der Waals surface area contributed by atoms with Crippen LogP contribution >= 0.6 is 27.5 Å². The van der Waals surface area contributed by atoms with E-state index in [1.54, 1.807) is 18.2 Å². The molecule has 0 amide bonds. The van der Waals surface area contributed by atoms with Gasteiger partial charge in [0.05, 0.1) is 6.04 Å². The van der Waals surface area contributed by atoms with Gasteiger partial charge in [-0.15, -0.1) is 0 Å². The molecule has 0 aliphatic heterocycles.